The molecule has 0 radical (unpaired) electrons. The van der Waals surface area contributed by atoms with Gasteiger partial charge in [-0.3, -0.25) is 4.79 Å². The predicted molar refractivity (Wildman–Crippen MR) is 89.1 cm³/mol. The third-order valence-corrected chi connectivity index (χ3v) is 4.39. The van der Waals surface area contributed by atoms with Crippen molar-refractivity contribution in [2.24, 2.45) is 5.92 Å². The van der Waals surface area contributed by atoms with Crippen molar-refractivity contribution < 1.29 is 19.1 Å². The number of aliphatic hydroxyl groups is 1. The van der Waals surface area contributed by atoms with Crippen LogP contribution in [0, 0.1) is 17.2 Å². The van der Waals surface area contributed by atoms with Crippen LogP contribution in [-0.2, 0) is 29.0 Å². The molecule has 0 saturated heterocycles. The van der Waals surface area contributed by atoms with E-state index in [1.807, 2.05) is 0 Å². The van der Waals surface area contributed by atoms with Crippen LogP contribution in [0.1, 0.15) is 35.9 Å². The van der Waals surface area contributed by atoms with Gasteiger partial charge in [-0.15, -0.1) is 0 Å². The van der Waals surface area contributed by atoms with E-state index in [0.717, 1.165) is 11.3 Å². The normalized spacial score (nSPS) is 16.1. The lowest BCUT2D eigenvalue weighted by Crippen LogP contribution is -2.26. The van der Waals surface area contributed by atoms with E-state index in [9.17, 15) is 15.2 Å². The van der Waals surface area contributed by atoms with E-state index < -0.39 is 0 Å². The fourth-order valence-electron chi connectivity index (χ4n) is 3.22. The molecule has 0 amide bonds. The largest absolute Gasteiger partial charge is 0.466 e. The van der Waals surface area contributed by atoms with Gasteiger partial charge >= 0.3 is 5.97 Å². The van der Waals surface area contributed by atoms with Gasteiger partial charge in [-0.2, -0.15) is 5.26 Å². The Kier molecular flexibility index (Phi) is 4.72. The van der Waals surface area contributed by atoms with Crippen molar-refractivity contribution in [2.45, 2.75) is 32.8 Å². The number of esters is 1. The molecule has 1 atom stereocenters. The van der Waals surface area contributed by atoms with Crippen molar-refractivity contribution in [1.82, 2.24) is 4.98 Å². The van der Waals surface area contributed by atoms with Crippen molar-refractivity contribution in [3.8, 4) is 17.4 Å². The number of nitriles is 1. The molecule has 0 saturated carbocycles. The number of nitrogens with zero attached hydrogens (tertiary/aromatic N) is 2. The Morgan fingerprint density at radius 1 is 1.56 bits per heavy atom. The number of nitrogens with two attached hydrogens (primary N) is 1. The summed E-state index contributed by atoms with van der Waals surface area (Å²) in [7, 11) is 0. The van der Waals surface area contributed by atoms with E-state index in [-0.39, 0.29) is 29.9 Å². The lowest BCUT2D eigenvalue weighted by Gasteiger charge is -2.25. The van der Waals surface area contributed by atoms with Gasteiger partial charge in [0.25, 0.3) is 0 Å². The topological polar surface area (TPSA) is 122 Å². The summed E-state index contributed by atoms with van der Waals surface area (Å²) < 4.78 is 10.8. The second-order valence-electron chi connectivity index (χ2n) is 5.90. The number of pyridine rings is 1. The first kappa shape index (κ1) is 17.0. The third-order valence-electron chi connectivity index (χ3n) is 4.39. The van der Waals surface area contributed by atoms with E-state index in [0.29, 0.717) is 43.0 Å². The molecule has 7 nitrogen and oxygen atoms in total. The Morgan fingerprint density at radius 3 is 3.00 bits per heavy atom. The van der Waals surface area contributed by atoms with Gasteiger partial charge in [0.15, 0.2) is 0 Å². The Balaban J connectivity index is 2.12. The molecular formula is C18H19N3O4. The van der Waals surface area contributed by atoms with Gasteiger partial charge in [0, 0.05) is 11.3 Å². The number of aryl methyl sites for hydroxylation is 1. The number of aliphatic hydroxyl groups excluding tert-OH is 1. The quantitative estimate of drug-likeness (QED) is 0.815. The lowest BCUT2D eigenvalue weighted by atomic mass is 9.82. The van der Waals surface area contributed by atoms with Gasteiger partial charge in [0.2, 0.25) is 0 Å². The zero-order valence-electron chi connectivity index (χ0n) is 13.9. The van der Waals surface area contributed by atoms with Crippen LogP contribution in [0.3, 0.4) is 0 Å². The van der Waals surface area contributed by atoms with Gasteiger partial charge in [-0.1, -0.05) is 0 Å². The molecule has 130 valence electrons. The molecular weight excluding hydrogens is 322 g/mol. The van der Waals surface area contributed by atoms with Crippen LogP contribution in [-0.4, -0.2) is 22.7 Å². The van der Waals surface area contributed by atoms with E-state index in [1.165, 1.54) is 0 Å². The molecule has 2 aromatic heterocycles. The second kappa shape index (κ2) is 6.95. The summed E-state index contributed by atoms with van der Waals surface area (Å²) >= 11 is 0. The molecule has 0 aliphatic heterocycles. The SMILES string of the molecule is CCOC(=O)[C@@H]1CCc2nc(N)c(C#N)c(-c3ccc(CO)o3)c2C1. The first-order valence-electron chi connectivity index (χ1n) is 8.16. The molecule has 0 unspecified atom stereocenters. The lowest BCUT2D eigenvalue weighted by molar-refractivity contribution is -0.148. The molecule has 0 fully saturated rings. The average Bonchev–Trinajstić information content (AvgIpc) is 3.09. The van der Waals surface area contributed by atoms with Crippen molar-refractivity contribution in [3.63, 3.8) is 0 Å². The van der Waals surface area contributed by atoms with Gasteiger partial charge in [0.1, 0.15) is 35.6 Å². The number of aromatic nitrogens is 1. The molecule has 3 rings (SSSR count). The van der Waals surface area contributed by atoms with Crippen molar-refractivity contribution in [1.29, 1.82) is 5.26 Å². The highest BCUT2D eigenvalue weighted by atomic mass is 16.5. The van der Waals surface area contributed by atoms with Crippen molar-refractivity contribution >= 4 is 11.8 Å². The fraction of sp³-hybridized carbons (Fsp3) is 0.389. The zero-order chi connectivity index (χ0) is 18.0. The van der Waals surface area contributed by atoms with Crippen LogP contribution < -0.4 is 5.73 Å². The highest BCUT2D eigenvalue weighted by molar-refractivity contribution is 5.79. The molecule has 1 aliphatic rings. The minimum Gasteiger partial charge on any atom is -0.466 e. The number of carbonyl (C=O) groups is 1. The third kappa shape index (κ3) is 3.08. The number of hydrogen-bond acceptors (Lipinski definition) is 7. The van der Waals surface area contributed by atoms with Crippen molar-refractivity contribution in [2.75, 3.05) is 12.3 Å². The molecule has 0 bridgehead atoms. The van der Waals surface area contributed by atoms with Crippen LogP contribution in [0.2, 0.25) is 0 Å². The smallest absolute Gasteiger partial charge is 0.309 e. The number of nitrogen functional groups attached to an aromatic ring is 1. The number of rotatable bonds is 4. The number of fused-ring (bicyclic) bond motifs is 1. The maximum atomic E-state index is 12.1. The van der Waals surface area contributed by atoms with Gasteiger partial charge in [-0.25, -0.2) is 4.98 Å². The Bertz CT molecular complexity index is 851. The van der Waals surface area contributed by atoms with Crippen LogP contribution in [0.4, 0.5) is 5.82 Å². The summed E-state index contributed by atoms with van der Waals surface area (Å²) in [6, 6.07) is 5.42. The minimum atomic E-state index is -0.282. The number of ether oxygens (including phenoxy) is 1. The molecule has 2 aromatic rings. The van der Waals surface area contributed by atoms with Crippen molar-refractivity contribution in [3.05, 3.63) is 34.7 Å². The Hall–Kier alpha value is -2.85. The molecule has 2 heterocycles. The summed E-state index contributed by atoms with van der Waals surface area (Å²) in [6.45, 7) is 1.86. The molecule has 7 heteroatoms. The number of anilines is 1. The Morgan fingerprint density at radius 2 is 2.36 bits per heavy atom. The maximum absolute atomic E-state index is 12.1. The van der Waals surface area contributed by atoms with Gasteiger partial charge in [-0.05, 0) is 43.9 Å². The zero-order valence-corrected chi connectivity index (χ0v) is 13.9. The summed E-state index contributed by atoms with van der Waals surface area (Å²) in [4.78, 5) is 16.5. The highest BCUT2D eigenvalue weighted by Crippen LogP contribution is 2.38. The molecule has 3 N–H and O–H groups in total. The summed E-state index contributed by atoms with van der Waals surface area (Å²) in [5.74, 6) is 0.449. The van der Waals surface area contributed by atoms with E-state index >= 15 is 0 Å². The van der Waals surface area contributed by atoms with E-state index in [4.69, 9.17) is 14.9 Å². The predicted octanol–water partition coefficient (Wildman–Crippen LogP) is 1.96. The first-order chi connectivity index (χ1) is 12.1. The first-order valence-corrected chi connectivity index (χ1v) is 8.16. The molecule has 0 aromatic carbocycles. The van der Waals surface area contributed by atoms with Crippen LogP contribution >= 0.6 is 0 Å². The standard InChI is InChI=1S/C18H19N3O4/c1-2-24-18(23)10-3-5-14-12(7-10)16(13(8-19)17(20)21-14)15-6-4-11(9-22)25-15/h4,6,10,22H,2-3,5,7,9H2,1H3,(H2,20,21)/t10-/m1/s1. The van der Waals surface area contributed by atoms with E-state index in [1.54, 1.807) is 19.1 Å². The molecule has 0 spiro atoms. The van der Waals surface area contributed by atoms with Crippen LogP contribution in [0.5, 0.6) is 0 Å². The fourth-order valence-corrected chi connectivity index (χ4v) is 3.22. The van der Waals surface area contributed by atoms with Crippen LogP contribution in [0.15, 0.2) is 16.5 Å². The number of furan rings is 1. The van der Waals surface area contributed by atoms with Crippen LogP contribution in [0.25, 0.3) is 11.3 Å². The minimum absolute atomic E-state index is 0.146. The number of hydrogen-bond donors (Lipinski definition) is 2. The monoisotopic (exact) mass is 341 g/mol. The maximum Gasteiger partial charge on any atom is 0.309 e. The van der Waals surface area contributed by atoms with Gasteiger partial charge in [0.05, 0.1) is 12.5 Å². The average molecular weight is 341 g/mol. The van der Waals surface area contributed by atoms with E-state index in [2.05, 4.69) is 11.1 Å². The Labute approximate surface area is 145 Å². The highest BCUT2D eigenvalue weighted by Gasteiger charge is 2.31. The second-order valence-corrected chi connectivity index (χ2v) is 5.90. The molecule has 25 heavy (non-hydrogen) atoms. The summed E-state index contributed by atoms with van der Waals surface area (Å²) in [5, 5.41) is 18.8. The number of carbonyl (C=O) groups excluding carboxylic acids is 1. The summed E-state index contributed by atoms with van der Waals surface area (Å²) in [5.41, 5.74) is 8.30. The summed E-state index contributed by atoms with van der Waals surface area (Å²) in [6.07, 6.45) is 1.62. The van der Waals surface area contributed by atoms with Gasteiger partial charge < -0.3 is 20.0 Å². The molecule has 1 aliphatic carbocycles.